The van der Waals surface area contributed by atoms with Crippen molar-refractivity contribution in [3.05, 3.63) is 59.7 Å². The summed E-state index contributed by atoms with van der Waals surface area (Å²) in [5.41, 5.74) is 1.93. The standard InChI is InChI=1S/C20H22N2O4/c1-14(23)17-5-4-6-18(11-17)22(15(2)24)13-20(25)21-12-16-7-9-19(26-3)10-8-16/h4-11H,12-13H2,1-3H3,(H,21,25). The monoisotopic (exact) mass is 354 g/mol. The van der Waals surface area contributed by atoms with Gasteiger partial charge in [0, 0.05) is 24.7 Å². The van der Waals surface area contributed by atoms with Crippen molar-refractivity contribution in [2.45, 2.75) is 20.4 Å². The van der Waals surface area contributed by atoms with Gasteiger partial charge >= 0.3 is 0 Å². The highest BCUT2D eigenvalue weighted by atomic mass is 16.5. The van der Waals surface area contributed by atoms with Crippen molar-refractivity contribution >= 4 is 23.3 Å². The molecule has 136 valence electrons. The van der Waals surface area contributed by atoms with E-state index in [2.05, 4.69) is 5.32 Å². The zero-order valence-electron chi connectivity index (χ0n) is 15.1. The third-order valence-electron chi connectivity index (χ3n) is 3.89. The second-order valence-electron chi connectivity index (χ2n) is 5.84. The molecule has 0 aromatic heterocycles. The lowest BCUT2D eigenvalue weighted by Crippen LogP contribution is -2.39. The Balaban J connectivity index is 2.02. The summed E-state index contributed by atoms with van der Waals surface area (Å²) in [4.78, 5) is 37.1. The van der Waals surface area contributed by atoms with Crippen LogP contribution < -0.4 is 15.0 Å². The van der Waals surface area contributed by atoms with Crippen molar-refractivity contribution in [1.29, 1.82) is 0 Å². The molecule has 0 saturated carbocycles. The molecule has 0 aliphatic carbocycles. The molecular weight excluding hydrogens is 332 g/mol. The van der Waals surface area contributed by atoms with E-state index in [9.17, 15) is 14.4 Å². The molecule has 0 spiro atoms. The average molecular weight is 354 g/mol. The summed E-state index contributed by atoms with van der Waals surface area (Å²) in [6.07, 6.45) is 0. The molecule has 0 bridgehead atoms. The predicted molar refractivity (Wildman–Crippen MR) is 99.3 cm³/mol. The lowest BCUT2D eigenvalue weighted by atomic mass is 10.1. The number of carbonyl (C=O) groups excluding carboxylic acids is 3. The molecule has 0 aliphatic heterocycles. The largest absolute Gasteiger partial charge is 0.497 e. The van der Waals surface area contributed by atoms with Gasteiger partial charge in [-0.1, -0.05) is 24.3 Å². The number of hydrogen-bond donors (Lipinski definition) is 1. The fourth-order valence-corrected chi connectivity index (χ4v) is 2.42. The summed E-state index contributed by atoms with van der Waals surface area (Å²) in [5, 5.41) is 2.79. The van der Waals surface area contributed by atoms with E-state index in [1.807, 2.05) is 24.3 Å². The SMILES string of the molecule is COc1ccc(CNC(=O)CN(C(C)=O)c2cccc(C(C)=O)c2)cc1. The Morgan fingerprint density at radius 3 is 2.31 bits per heavy atom. The smallest absolute Gasteiger partial charge is 0.240 e. The minimum atomic E-state index is -0.288. The van der Waals surface area contributed by atoms with E-state index in [0.717, 1.165) is 11.3 Å². The normalized spacial score (nSPS) is 10.1. The Kier molecular flexibility index (Phi) is 6.49. The summed E-state index contributed by atoms with van der Waals surface area (Å²) >= 11 is 0. The van der Waals surface area contributed by atoms with E-state index in [0.29, 0.717) is 17.8 Å². The number of methoxy groups -OCH3 is 1. The summed E-state index contributed by atoms with van der Waals surface area (Å²) in [5.74, 6) is 0.0852. The minimum Gasteiger partial charge on any atom is -0.497 e. The predicted octanol–water partition coefficient (Wildman–Crippen LogP) is 2.57. The van der Waals surface area contributed by atoms with Gasteiger partial charge in [-0.25, -0.2) is 0 Å². The molecule has 0 saturated heterocycles. The second kappa shape index (κ2) is 8.80. The maximum Gasteiger partial charge on any atom is 0.240 e. The van der Waals surface area contributed by atoms with Crippen molar-refractivity contribution in [2.24, 2.45) is 0 Å². The number of hydrogen-bond acceptors (Lipinski definition) is 4. The van der Waals surface area contributed by atoms with E-state index in [1.54, 1.807) is 31.4 Å². The van der Waals surface area contributed by atoms with Gasteiger partial charge in [0.25, 0.3) is 0 Å². The molecule has 0 atom stereocenters. The third kappa shape index (κ3) is 5.17. The fourth-order valence-electron chi connectivity index (χ4n) is 2.42. The maximum absolute atomic E-state index is 12.2. The molecule has 26 heavy (non-hydrogen) atoms. The molecular formula is C20H22N2O4. The maximum atomic E-state index is 12.2. The van der Waals surface area contributed by atoms with Crippen LogP contribution in [0.4, 0.5) is 5.69 Å². The first-order valence-electron chi connectivity index (χ1n) is 8.19. The Bertz CT molecular complexity index is 800. The topological polar surface area (TPSA) is 75.7 Å². The first-order chi connectivity index (χ1) is 12.4. The molecule has 2 aromatic carbocycles. The van der Waals surface area contributed by atoms with Crippen LogP contribution in [0.25, 0.3) is 0 Å². The number of benzene rings is 2. The van der Waals surface area contributed by atoms with Gasteiger partial charge in [0.15, 0.2) is 5.78 Å². The quantitative estimate of drug-likeness (QED) is 0.776. The highest BCUT2D eigenvalue weighted by Crippen LogP contribution is 2.17. The first-order valence-corrected chi connectivity index (χ1v) is 8.19. The Labute approximate surface area is 152 Å². The van der Waals surface area contributed by atoms with E-state index in [4.69, 9.17) is 4.74 Å². The van der Waals surface area contributed by atoms with E-state index in [-0.39, 0.29) is 24.1 Å². The van der Waals surface area contributed by atoms with Crippen molar-refractivity contribution < 1.29 is 19.1 Å². The molecule has 0 heterocycles. The third-order valence-corrected chi connectivity index (χ3v) is 3.89. The number of amides is 2. The number of rotatable bonds is 7. The lowest BCUT2D eigenvalue weighted by Gasteiger charge is -2.21. The number of nitrogens with zero attached hydrogens (tertiary/aromatic N) is 1. The second-order valence-corrected chi connectivity index (χ2v) is 5.84. The van der Waals surface area contributed by atoms with Gasteiger partial charge in [-0.2, -0.15) is 0 Å². The number of nitrogens with one attached hydrogen (secondary N) is 1. The van der Waals surface area contributed by atoms with Crippen LogP contribution in [0.5, 0.6) is 5.75 Å². The number of ether oxygens (including phenoxy) is 1. The molecule has 2 aromatic rings. The summed E-state index contributed by atoms with van der Waals surface area (Å²) in [7, 11) is 1.59. The van der Waals surface area contributed by atoms with Crippen LogP contribution in [0.2, 0.25) is 0 Å². The van der Waals surface area contributed by atoms with Crippen LogP contribution in [-0.4, -0.2) is 31.3 Å². The van der Waals surface area contributed by atoms with Gasteiger partial charge in [0.2, 0.25) is 11.8 Å². The molecule has 0 unspecified atom stereocenters. The van der Waals surface area contributed by atoms with E-state index >= 15 is 0 Å². The minimum absolute atomic E-state index is 0.0979. The Morgan fingerprint density at radius 2 is 1.73 bits per heavy atom. The van der Waals surface area contributed by atoms with Gasteiger partial charge in [-0.05, 0) is 36.8 Å². The van der Waals surface area contributed by atoms with Crippen LogP contribution in [0.3, 0.4) is 0 Å². The van der Waals surface area contributed by atoms with Gasteiger partial charge in [-0.15, -0.1) is 0 Å². The molecule has 6 heteroatoms. The molecule has 1 N–H and O–H groups in total. The summed E-state index contributed by atoms with van der Waals surface area (Å²) in [6, 6.07) is 14.0. The van der Waals surface area contributed by atoms with Crippen LogP contribution in [0.15, 0.2) is 48.5 Å². The molecule has 0 radical (unpaired) electrons. The van der Waals surface area contributed by atoms with E-state index in [1.165, 1.54) is 18.7 Å². The van der Waals surface area contributed by atoms with Gasteiger partial charge in [0.1, 0.15) is 12.3 Å². The zero-order chi connectivity index (χ0) is 19.1. The highest BCUT2D eigenvalue weighted by Gasteiger charge is 2.16. The summed E-state index contributed by atoms with van der Waals surface area (Å²) in [6.45, 7) is 3.07. The van der Waals surface area contributed by atoms with Crippen molar-refractivity contribution in [1.82, 2.24) is 5.32 Å². The van der Waals surface area contributed by atoms with Gasteiger partial charge in [-0.3, -0.25) is 14.4 Å². The number of Topliss-reactive ketones (excluding diaryl/α,β-unsaturated/α-hetero) is 1. The first kappa shape index (κ1) is 19.2. The number of anilines is 1. The van der Waals surface area contributed by atoms with Crippen LogP contribution in [0, 0.1) is 0 Å². The number of ketones is 1. The average Bonchev–Trinajstić information content (AvgIpc) is 2.64. The van der Waals surface area contributed by atoms with Crippen LogP contribution >= 0.6 is 0 Å². The fraction of sp³-hybridized carbons (Fsp3) is 0.250. The lowest BCUT2D eigenvalue weighted by molar-refractivity contribution is -0.123. The van der Waals surface area contributed by atoms with Crippen molar-refractivity contribution in [3.8, 4) is 5.75 Å². The number of carbonyl (C=O) groups is 3. The van der Waals surface area contributed by atoms with Crippen LogP contribution in [0.1, 0.15) is 29.8 Å². The zero-order valence-corrected chi connectivity index (χ0v) is 15.1. The van der Waals surface area contributed by atoms with Gasteiger partial charge in [0.05, 0.1) is 7.11 Å². The Hall–Kier alpha value is -3.15. The molecule has 0 aliphatic rings. The molecule has 2 amide bonds. The highest BCUT2D eigenvalue weighted by molar-refractivity contribution is 6.00. The Morgan fingerprint density at radius 1 is 1.04 bits per heavy atom. The molecule has 6 nitrogen and oxygen atoms in total. The van der Waals surface area contributed by atoms with Crippen molar-refractivity contribution in [3.63, 3.8) is 0 Å². The summed E-state index contributed by atoms with van der Waals surface area (Å²) < 4.78 is 5.09. The van der Waals surface area contributed by atoms with Gasteiger partial charge < -0.3 is 15.0 Å². The van der Waals surface area contributed by atoms with Crippen molar-refractivity contribution in [2.75, 3.05) is 18.6 Å². The van der Waals surface area contributed by atoms with E-state index < -0.39 is 0 Å². The van der Waals surface area contributed by atoms with Crippen LogP contribution in [-0.2, 0) is 16.1 Å². The molecule has 2 rings (SSSR count). The molecule has 0 fully saturated rings.